The van der Waals surface area contributed by atoms with Crippen LogP contribution in [0.1, 0.15) is 12.8 Å². The summed E-state index contributed by atoms with van der Waals surface area (Å²) in [5.41, 5.74) is 0. The summed E-state index contributed by atoms with van der Waals surface area (Å²) < 4.78 is 22.3. The summed E-state index contributed by atoms with van der Waals surface area (Å²) in [6, 6.07) is -0.348. The van der Waals surface area contributed by atoms with Gasteiger partial charge in [-0.2, -0.15) is 0 Å². The largest absolute Gasteiger partial charge is 0.349 e. The maximum Gasteiger partial charge on any atom is 0.224 e. The van der Waals surface area contributed by atoms with Crippen LogP contribution in [0.4, 0.5) is 0 Å². The van der Waals surface area contributed by atoms with Crippen molar-refractivity contribution in [1.29, 1.82) is 0 Å². The van der Waals surface area contributed by atoms with Crippen LogP contribution in [-0.4, -0.2) is 39.2 Å². The number of hydrogen-bond donors (Lipinski definition) is 2. The highest BCUT2D eigenvalue weighted by Crippen LogP contribution is 2.12. The molecule has 1 saturated heterocycles. The maximum atomic E-state index is 11.8. The molecule has 2 N–H and O–H groups in total. The van der Waals surface area contributed by atoms with Crippen LogP contribution in [0, 0.1) is 5.92 Å². The average Bonchev–Trinajstić information content (AvgIpc) is 2.59. The zero-order valence-corrected chi connectivity index (χ0v) is 9.79. The highest BCUT2D eigenvalue weighted by Gasteiger charge is 2.27. The summed E-state index contributed by atoms with van der Waals surface area (Å²) in [4.78, 5) is 11.8. The molecule has 16 heavy (non-hydrogen) atoms. The second-order valence-electron chi connectivity index (χ2n) is 4.32. The normalized spacial score (nSPS) is 32.5. The van der Waals surface area contributed by atoms with Crippen LogP contribution in [0.15, 0.2) is 11.5 Å². The first-order valence-corrected chi connectivity index (χ1v) is 7.20. The Hall–Kier alpha value is -0.880. The van der Waals surface area contributed by atoms with E-state index in [9.17, 15) is 13.2 Å². The van der Waals surface area contributed by atoms with Crippen LogP contribution in [0.3, 0.4) is 0 Å². The molecule has 2 atom stereocenters. The lowest BCUT2D eigenvalue weighted by atomic mass is 9.98. The number of rotatable bonds is 2. The summed E-state index contributed by atoms with van der Waals surface area (Å²) in [6.07, 6.45) is 3.42. The summed E-state index contributed by atoms with van der Waals surface area (Å²) in [5, 5.41) is 7.10. The first-order chi connectivity index (χ1) is 7.57. The van der Waals surface area contributed by atoms with Crippen molar-refractivity contribution >= 4 is 15.7 Å². The molecular weight excluding hydrogens is 228 g/mol. The van der Waals surface area contributed by atoms with Gasteiger partial charge in [0.2, 0.25) is 5.91 Å². The molecule has 0 aromatic rings. The molecule has 0 aromatic carbocycles. The second-order valence-corrected chi connectivity index (χ2v) is 6.25. The molecule has 0 bridgehead atoms. The summed E-state index contributed by atoms with van der Waals surface area (Å²) in [5.74, 6) is -0.0665. The first-order valence-electron chi connectivity index (χ1n) is 5.49. The molecule has 0 aliphatic carbocycles. The molecule has 2 rings (SSSR count). The Kier molecular flexibility index (Phi) is 3.30. The molecule has 2 aliphatic rings. The van der Waals surface area contributed by atoms with Gasteiger partial charge >= 0.3 is 0 Å². The van der Waals surface area contributed by atoms with E-state index in [0.29, 0.717) is 6.54 Å². The second kappa shape index (κ2) is 4.55. The Morgan fingerprint density at radius 2 is 2.25 bits per heavy atom. The van der Waals surface area contributed by atoms with Crippen LogP contribution in [0.2, 0.25) is 0 Å². The smallest absolute Gasteiger partial charge is 0.224 e. The molecular formula is C10H16N2O3S. The van der Waals surface area contributed by atoms with Crippen LogP contribution in [0.5, 0.6) is 0 Å². The van der Waals surface area contributed by atoms with Crippen molar-refractivity contribution in [2.75, 3.05) is 18.8 Å². The highest BCUT2D eigenvalue weighted by atomic mass is 32.2. The molecule has 0 saturated carbocycles. The van der Waals surface area contributed by atoms with Crippen molar-refractivity contribution in [2.45, 2.75) is 18.9 Å². The van der Waals surface area contributed by atoms with Crippen molar-refractivity contribution < 1.29 is 13.2 Å². The number of sulfone groups is 1. The SMILES string of the molecule is O=C(NC1C=CS(=O)(=O)C1)[C@@H]1CCCNC1. The van der Waals surface area contributed by atoms with Gasteiger partial charge in [0, 0.05) is 12.0 Å². The predicted octanol–water partition coefficient (Wildman–Crippen LogP) is -0.587. The molecule has 90 valence electrons. The fourth-order valence-corrected chi connectivity index (χ4v) is 3.28. The molecule has 2 heterocycles. The Morgan fingerprint density at radius 3 is 2.81 bits per heavy atom. The highest BCUT2D eigenvalue weighted by molar-refractivity contribution is 7.94. The minimum Gasteiger partial charge on any atom is -0.349 e. The maximum absolute atomic E-state index is 11.8. The Morgan fingerprint density at radius 1 is 1.44 bits per heavy atom. The third-order valence-electron chi connectivity index (χ3n) is 2.93. The number of amides is 1. The quantitative estimate of drug-likeness (QED) is 0.681. The van der Waals surface area contributed by atoms with Gasteiger partial charge in [0.15, 0.2) is 9.84 Å². The van der Waals surface area contributed by atoms with E-state index in [2.05, 4.69) is 10.6 Å². The van der Waals surface area contributed by atoms with E-state index in [1.807, 2.05) is 0 Å². The number of carbonyl (C=O) groups excluding carboxylic acids is 1. The van der Waals surface area contributed by atoms with Crippen molar-refractivity contribution in [1.82, 2.24) is 10.6 Å². The lowest BCUT2D eigenvalue weighted by Crippen LogP contribution is -2.44. The van der Waals surface area contributed by atoms with Gasteiger partial charge in [-0.3, -0.25) is 4.79 Å². The Balaban J connectivity index is 1.86. The zero-order valence-electron chi connectivity index (χ0n) is 8.98. The van der Waals surface area contributed by atoms with Crippen molar-refractivity contribution in [3.63, 3.8) is 0 Å². The van der Waals surface area contributed by atoms with Gasteiger partial charge in [-0.15, -0.1) is 0 Å². The van der Waals surface area contributed by atoms with E-state index in [1.54, 1.807) is 6.08 Å². The van der Waals surface area contributed by atoms with Gasteiger partial charge in [-0.1, -0.05) is 0 Å². The lowest BCUT2D eigenvalue weighted by Gasteiger charge is -2.23. The summed E-state index contributed by atoms with van der Waals surface area (Å²) in [6.45, 7) is 1.65. The molecule has 0 radical (unpaired) electrons. The third kappa shape index (κ3) is 2.82. The topological polar surface area (TPSA) is 75.3 Å². The van der Waals surface area contributed by atoms with E-state index in [-0.39, 0.29) is 23.6 Å². The van der Waals surface area contributed by atoms with Crippen molar-refractivity contribution in [3.8, 4) is 0 Å². The zero-order chi connectivity index (χ0) is 11.6. The number of nitrogens with one attached hydrogen (secondary N) is 2. The number of hydrogen-bond acceptors (Lipinski definition) is 4. The predicted molar refractivity (Wildman–Crippen MR) is 60.5 cm³/mol. The fraction of sp³-hybridized carbons (Fsp3) is 0.700. The van der Waals surface area contributed by atoms with Crippen LogP contribution < -0.4 is 10.6 Å². The van der Waals surface area contributed by atoms with E-state index in [1.165, 1.54) is 5.41 Å². The minimum atomic E-state index is -3.08. The van der Waals surface area contributed by atoms with Crippen molar-refractivity contribution in [2.24, 2.45) is 5.92 Å². The molecule has 1 fully saturated rings. The minimum absolute atomic E-state index is 0.00110. The van der Waals surface area contributed by atoms with Gasteiger partial charge in [0.25, 0.3) is 0 Å². The van der Waals surface area contributed by atoms with Crippen LogP contribution >= 0.6 is 0 Å². The number of piperidine rings is 1. The van der Waals surface area contributed by atoms with E-state index < -0.39 is 9.84 Å². The molecule has 0 spiro atoms. The fourth-order valence-electron chi connectivity index (χ4n) is 2.04. The summed E-state index contributed by atoms with van der Waals surface area (Å²) in [7, 11) is -3.08. The van der Waals surface area contributed by atoms with E-state index in [4.69, 9.17) is 0 Å². The molecule has 5 nitrogen and oxygen atoms in total. The van der Waals surface area contributed by atoms with E-state index >= 15 is 0 Å². The Labute approximate surface area is 95.2 Å². The molecule has 6 heteroatoms. The molecule has 1 unspecified atom stereocenters. The summed E-state index contributed by atoms with van der Waals surface area (Å²) >= 11 is 0. The van der Waals surface area contributed by atoms with Crippen LogP contribution in [0.25, 0.3) is 0 Å². The average molecular weight is 244 g/mol. The molecule has 0 aromatic heterocycles. The van der Waals surface area contributed by atoms with Gasteiger partial charge < -0.3 is 10.6 Å². The van der Waals surface area contributed by atoms with Crippen LogP contribution in [-0.2, 0) is 14.6 Å². The van der Waals surface area contributed by atoms with Gasteiger partial charge in [-0.25, -0.2) is 8.42 Å². The van der Waals surface area contributed by atoms with Gasteiger partial charge in [0.1, 0.15) is 0 Å². The molecule has 1 amide bonds. The monoisotopic (exact) mass is 244 g/mol. The number of carbonyl (C=O) groups is 1. The van der Waals surface area contributed by atoms with E-state index in [0.717, 1.165) is 19.4 Å². The third-order valence-corrected chi connectivity index (χ3v) is 4.32. The standard InChI is InChI=1S/C10H16N2O3S/c13-10(8-2-1-4-11-6-8)12-9-3-5-16(14,15)7-9/h3,5,8-9,11H,1-2,4,6-7H2,(H,12,13)/t8-,9?/m1/s1. The van der Waals surface area contributed by atoms with Gasteiger partial charge in [-0.05, 0) is 25.5 Å². The molecule has 2 aliphatic heterocycles. The van der Waals surface area contributed by atoms with Gasteiger partial charge in [0.05, 0.1) is 17.7 Å². The Bertz CT molecular complexity index is 396. The van der Waals surface area contributed by atoms with Crippen molar-refractivity contribution in [3.05, 3.63) is 11.5 Å². The lowest BCUT2D eigenvalue weighted by molar-refractivity contribution is -0.125. The first kappa shape index (κ1) is 11.6.